The Bertz CT molecular complexity index is 822. The van der Waals surface area contributed by atoms with Crippen molar-refractivity contribution in [3.05, 3.63) is 89.1 Å². The van der Waals surface area contributed by atoms with Gasteiger partial charge in [-0.1, -0.05) is 67.6 Å². The largest absolute Gasteiger partial charge is 0.461 e. The molecular formula is C22H23NO3. The molecule has 0 aliphatic carbocycles. The third-order valence-electron chi connectivity index (χ3n) is 4.50. The first-order valence-corrected chi connectivity index (χ1v) is 8.87. The summed E-state index contributed by atoms with van der Waals surface area (Å²) in [4.78, 5) is 12.2. The molecule has 26 heavy (non-hydrogen) atoms. The van der Waals surface area contributed by atoms with Gasteiger partial charge in [-0.3, -0.25) is 5.21 Å². The van der Waals surface area contributed by atoms with Gasteiger partial charge < -0.3 is 4.74 Å². The van der Waals surface area contributed by atoms with Gasteiger partial charge in [0.15, 0.2) is 0 Å². The van der Waals surface area contributed by atoms with Crippen LogP contribution in [0.15, 0.2) is 72.4 Å². The highest BCUT2D eigenvalue weighted by Crippen LogP contribution is 2.39. The molecular weight excluding hydrogens is 326 g/mol. The molecule has 1 heterocycles. The van der Waals surface area contributed by atoms with Crippen molar-refractivity contribution in [2.45, 2.75) is 26.3 Å². The van der Waals surface area contributed by atoms with Crippen molar-refractivity contribution < 1.29 is 14.7 Å². The van der Waals surface area contributed by atoms with E-state index in [-0.39, 0.29) is 12.3 Å². The zero-order valence-electron chi connectivity index (χ0n) is 15.1. The van der Waals surface area contributed by atoms with E-state index >= 15 is 0 Å². The lowest BCUT2D eigenvalue weighted by atomic mass is 9.89. The van der Waals surface area contributed by atoms with Crippen LogP contribution in [0.4, 0.5) is 0 Å². The van der Waals surface area contributed by atoms with Gasteiger partial charge in [-0.05, 0) is 41.7 Å². The Hall–Kier alpha value is -2.85. The highest BCUT2D eigenvalue weighted by molar-refractivity contribution is 5.90. The number of ether oxygens (including phenoxy) is 1. The minimum Gasteiger partial charge on any atom is -0.461 e. The van der Waals surface area contributed by atoms with Crippen LogP contribution in [0.1, 0.15) is 36.6 Å². The van der Waals surface area contributed by atoms with Gasteiger partial charge in [0, 0.05) is 0 Å². The second kappa shape index (κ2) is 8.02. The van der Waals surface area contributed by atoms with Crippen molar-refractivity contribution in [2.24, 2.45) is 0 Å². The van der Waals surface area contributed by atoms with Gasteiger partial charge in [-0.25, -0.2) is 9.86 Å². The first kappa shape index (κ1) is 18.0. The summed E-state index contributed by atoms with van der Waals surface area (Å²) in [5.41, 5.74) is 4.22. The van der Waals surface area contributed by atoms with E-state index in [0.29, 0.717) is 0 Å². The fourth-order valence-electron chi connectivity index (χ4n) is 3.12. The topological polar surface area (TPSA) is 49.8 Å². The van der Waals surface area contributed by atoms with Crippen molar-refractivity contribution in [1.29, 1.82) is 0 Å². The van der Waals surface area contributed by atoms with Crippen LogP contribution in [-0.4, -0.2) is 22.8 Å². The maximum Gasteiger partial charge on any atom is 0.356 e. The summed E-state index contributed by atoms with van der Waals surface area (Å²) in [5, 5.41) is 11.8. The molecule has 0 spiro atoms. The fourth-order valence-corrected chi connectivity index (χ4v) is 3.12. The van der Waals surface area contributed by atoms with E-state index in [0.717, 1.165) is 28.2 Å². The summed E-state index contributed by atoms with van der Waals surface area (Å²) in [6, 6.07) is 17.5. The van der Waals surface area contributed by atoms with Crippen LogP contribution in [0.25, 0.3) is 5.57 Å². The lowest BCUT2D eigenvalue weighted by Crippen LogP contribution is -2.32. The van der Waals surface area contributed by atoms with Gasteiger partial charge >= 0.3 is 5.97 Å². The van der Waals surface area contributed by atoms with E-state index in [1.807, 2.05) is 36.4 Å². The third kappa shape index (κ3) is 3.55. The number of carbonyl (C=O) groups excluding carboxylic acids is 1. The summed E-state index contributed by atoms with van der Waals surface area (Å²) in [7, 11) is 0. The Morgan fingerprint density at radius 1 is 1.04 bits per heavy atom. The van der Waals surface area contributed by atoms with Crippen LogP contribution in [0.2, 0.25) is 0 Å². The van der Waals surface area contributed by atoms with Crippen LogP contribution in [0.3, 0.4) is 0 Å². The molecule has 0 saturated heterocycles. The number of allylic oxidation sites excluding steroid dienone is 2. The number of nitrogens with zero attached hydrogens (tertiary/aromatic N) is 1. The first-order chi connectivity index (χ1) is 12.7. The SMILES string of the molecule is CCOC(=O)C1=CC=C(c2ccc(CC)cc2)C(c2ccccc2)N1O. The average Bonchev–Trinajstić information content (AvgIpc) is 2.68. The quantitative estimate of drug-likeness (QED) is 0.806. The lowest BCUT2D eigenvalue weighted by Gasteiger charge is -2.33. The molecule has 1 aliphatic heterocycles. The van der Waals surface area contributed by atoms with Crippen LogP contribution in [0, 0.1) is 0 Å². The molecule has 134 valence electrons. The van der Waals surface area contributed by atoms with Crippen molar-refractivity contribution in [3.8, 4) is 0 Å². The zero-order chi connectivity index (χ0) is 18.5. The lowest BCUT2D eigenvalue weighted by molar-refractivity contribution is -0.150. The van der Waals surface area contributed by atoms with Crippen LogP contribution < -0.4 is 0 Å². The van der Waals surface area contributed by atoms with E-state index in [4.69, 9.17) is 4.74 Å². The fraction of sp³-hybridized carbons (Fsp3) is 0.227. The zero-order valence-corrected chi connectivity index (χ0v) is 15.1. The highest BCUT2D eigenvalue weighted by Gasteiger charge is 2.32. The molecule has 3 rings (SSSR count). The molecule has 1 atom stereocenters. The van der Waals surface area contributed by atoms with E-state index in [2.05, 4.69) is 31.2 Å². The maximum atomic E-state index is 12.2. The molecule has 0 aromatic heterocycles. The van der Waals surface area contributed by atoms with E-state index in [9.17, 15) is 10.0 Å². The van der Waals surface area contributed by atoms with E-state index in [1.165, 1.54) is 5.56 Å². The monoisotopic (exact) mass is 349 g/mol. The minimum absolute atomic E-state index is 0.134. The molecule has 0 amide bonds. The predicted octanol–water partition coefficient (Wildman–Crippen LogP) is 4.53. The summed E-state index contributed by atoms with van der Waals surface area (Å²) < 4.78 is 5.07. The smallest absolute Gasteiger partial charge is 0.356 e. The Labute approximate surface area is 154 Å². The van der Waals surface area contributed by atoms with Gasteiger partial charge in [-0.2, -0.15) is 0 Å². The molecule has 0 bridgehead atoms. The number of rotatable bonds is 5. The first-order valence-electron chi connectivity index (χ1n) is 8.87. The Kier molecular flexibility index (Phi) is 5.54. The predicted molar refractivity (Wildman–Crippen MR) is 101 cm³/mol. The molecule has 2 aromatic rings. The molecule has 0 saturated carbocycles. The molecule has 4 nitrogen and oxygen atoms in total. The summed E-state index contributed by atoms with van der Waals surface area (Å²) in [6.07, 6.45) is 4.47. The molecule has 1 N–H and O–H groups in total. The maximum absolute atomic E-state index is 12.2. The Morgan fingerprint density at radius 3 is 2.35 bits per heavy atom. The van der Waals surface area contributed by atoms with Crippen LogP contribution >= 0.6 is 0 Å². The normalized spacial score (nSPS) is 16.7. The number of esters is 1. The van der Waals surface area contributed by atoms with Gasteiger partial charge in [0.25, 0.3) is 0 Å². The standard InChI is InChI=1S/C22H23NO3/c1-3-16-10-12-17(13-11-16)19-14-15-20(22(24)26-4-2)23(25)21(19)18-8-6-5-7-9-18/h5-15,21,25H,3-4H2,1-2H3. The minimum atomic E-state index is -0.535. The molecule has 1 unspecified atom stereocenters. The molecule has 0 radical (unpaired) electrons. The van der Waals surface area contributed by atoms with E-state index < -0.39 is 12.0 Å². The van der Waals surface area contributed by atoms with E-state index in [1.54, 1.807) is 13.0 Å². The average molecular weight is 349 g/mol. The molecule has 2 aromatic carbocycles. The van der Waals surface area contributed by atoms with Crippen LogP contribution in [0.5, 0.6) is 0 Å². The summed E-state index contributed by atoms with van der Waals surface area (Å²) >= 11 is 0. The third-order valence-corrected chi connectivity index (χ3v) is 4.50. The number of benzene rings is 2. The second-order valence-electron chi connectivity index (χ2n) is 6.10. The second-order valence-corrected chi connectivity index (χ2v) is 6.10. The van der Waals surface area contributed by atoms with Crippen molar-refractivity contribution >= 4 is 11.5 Å². The van der Waals surface area contributed by atoms with Crippen molar-refractivity contribution in [3.63, 3.8) is 0 Å². The Morgan fingerprint density at radius 2 is 1.73 bits per heavy atom. The summed E-state index contributed by atoms with van der Waals surface area (Å²) in [5.74, 6) is -0.535. The highest BCUT2D eigenvalue weighted by atomic mass is 16.5. The van der Waals surface area contributed by atoms with Crippen molar-refractivity contribution in [2.75, 3.05) is 6.61 Å². The molecule has 0 fully saturated rings. The number of aryl methyl sites for hydroxylation is 1. The Balaban J connectivity index is 2.06. The number of hydrogen-bond donors (Lipinski definition) is 1. The van der Waals surface area contributed by atoms with Gasteiger partial charge in [0.05, 0.1) is 6.61 Å². The summed E-state index contributed by atoms with van der Waals surface area (Å²) in [6.45, 7) is 4.12. The number of carbonyl (C=O) groups is 1. The van der Waals surface area contributed by atoms with Gasteiger partial charge in [0.2, 0.25) is 0 Å². The van der Waals surface area contributed by atoms with Crippen molar-refractivity contribution in [1.82, 2.24) is 5.06 Å². The number of hydroxylamine groups is 2. The van der Waals surface area contributed by atoms with Gasteiger partial charge in [0.1, 0.15) is 11.7 Å². The van der Waals surface area contributed by atoms with Crippen LogP contribution in [-0.2, 0) is 16.0 Å². The van der Waals surface area contributed by atoms with Gasteiger partial charge in [-0.15, -0.1) is 0 Å². The molecule has 4 heteroatoms. The number of hydrogen-bond acceptors (Lipinski definition) is 4. The molecule has 1 aliphatic rings.